The molecule has 2 aromatic rings. The summed E-state index contributed by atoms with van der Waals surface area (Å²) >= 11 is 1.64. The molecular weight excluding hydrogens is 322 g/mol. The van der Waals surface area contributed by atoms with Crippen LogP contribution in [0, 0.1) is 0 Å². The number of rotatable bonds is 4. The first kappa shape index (κ1) is 16.7. The maximum atomic E-state index is 13.0. The molecule has 0 radical (unpaired) electrons. The molecule has 5 nitrogen and oxygen atoms in total. The fourth-order valence-corrected chi connectivity index (χ4v) is 3.61. The van der Waals surface area contributed by atoms with Crippen LogP contribution < -0.4 is 10.2 Å². The SMILES string of the molecule is CN(CC(=O)N1c2ccccc2NC(=O)C1(C)C)Cc1ccsc1. The van der Waals surface area contributed by atoms with Crippen molar-refractivity contribution in [2.24, 2.45) is 0 Å². The normalized spacial score (nSPS) is 16.0. The number of para-hydroxylation sites is 2. The van der Waals surface area contributed by atoms with Crippen molar-refractivity contribution in [3.63, 3.8) is 0 Å². The second kappa shape index (κ2) is 6.37. The molecule has 1 aliphatic rings. The quantitative estimate of drug-likeness (QED) is 0.929. The Bertz CT molecular complexity index is 755. The molecular formula is C18H21N3O2S. The standard InChI is InChI=1S/C18H21N3O2S/c1-18(2)17(23)19-14-6-4-5-7-15(14)21(18)16(22)11-20(3)10-13-8-9-24-12-13/h4-9,12H,10-11H2,1-3H3,(H,19,23). The summed E-state index contributed by atoms with van der Waals surface area (Å²) in [4.78, 5) is 29.0. The van der Waals surface area contributed by atoms with Gasteiger partial charge in [-0.05, 0) is 55.4 Å². The first-order valence-corrected chi connectivity index (χ1v) is 8.77. The highest BCUT2D eigenvalue weighted by molar-refractivity contribution is 7.07. The van der Waals surface area contributed by atoms with Crippen LogP contribution in [-0.4, -0.2) is 35.8 Å². The van der Waals surface area contributed by atoms with E-state index in [4.69, 9.17) is 0 Å². The van der Waals surface area contributed by atoms with E-state index in [-0.39, 0.29) is 18.4 Å². The van der Waals surface area contributed by atoms with Gasteiger partial charge >= 0.3 is 0 Å². The Morgan fingerprint density at radius 3 is 2.75 bits per heavy atom. The lowest BCUT2D eigenvalue weighted by atomic mass is 9.96. The highest BCUT2D eigenvalue weighted by atomic mass is 32.1. The number of fused-ring (bicyclic) bond motifs is 1. The van der Waals surface area contributed by atoms with E-state index < -0.39 is 5.54 Å². The lowest BCUT2D eigenvalue weighted by Gasteiger charge is -2.42. The summed E-state index contributed by atoms with van der Waals surface area (Å²) in [6.45, 7) is 4.50. The average Bonchev–Trinajstić information content (AvgIpc) is 3.00. The molecule has 0 atom stereocenters. The maximum Gasteiger partial charge on any atom is 0.250 e. The van der Waals surface area contributed by atoms with Crippen LogP contribution in [0.5, 0.6) is 0 Å². The number of anilines is 2. The molecule has 6 heteroatoms. The van der Waals surface area contributed by atoms with Gasteiger partial charge in [0.25, 0.3) is 0 Å². The zero-order valence-corrected chi connectivity index (χ0v) is 14.9. The van der Waals surface area contributed by atoms with Crippen molar-refractivity contribution >= 4 is 34.5 Å². The van der Waals surface area contributed by atoms with Gasteiger partial charge in [-0.15, -0.1) is 0 Å². The lowest BCUT2D eigenvalue weighted by Crippen LogP contribution is -2.60. The molecule has 1 aliphatic heterocycles. The van der Waals surface area contributed by atoms with E-state index in [0.29, 0.717) is 12.2 Å². The minimum atomic E-state index is -0.922. The van der Waals surface area contributed by atoms with E-state index in [2.05, 4.69) is 16.8 Å². The van der Waals surface area contributed by atoms with Crippen LogP contribution in [0.3, 0.4) is 0 Å². The molecule has 1 aromatic heterocycles. The van der Waals surface area contributed by atoms with E-state index in [1.54, 1.807) is 30.1 Å². The maximum absolute atomic E-state index is 13.0. The van der Waals surface area contributed by atoms with Crippen molar-refractivity contribution in [2.75, 3.05) is 23.8 Å². The molecule has 0 bridgehead atoms. The van der Waals surface area contributed by atoms with Gasteiger partial charge in [0.05, 0.1) is 17.9 Å². The summed E-state index contributed by atoms with van der Waals surface area (Å²) in [5, 5.41) is 6.98. The third kappa shape index (κ3) is 3.07. The first-order chi connectivity index (χ1) is 11.4. The van der Waals surface area contributed by atoms with Gasteiger partial charge in [-0.3, -0.25) is 19.4 Å². The molecule has 0 saturated carbocycles. The molecule has 3 rings (SSSR count). The Hall–Kier alpha value is -2.18. The molecule has 24 heavy (non-hydrogen) atoms. The molecule has 0 unspecified atom stereocenters. The Labute approximate surface area is 145 Å². The second-order valence-electron chi connectivity index (χ2n) is 6.56. The van der Waals surface area contributed by atoms with Gasteiger partial charge in [-0.2, -0.15) is 11.3 Å². The van der Waals surface area contributed by atoms with Gasteiger partial charge in [0.1, 0.15) is 5.54 Å². The van der Waals surface area contributed by atoms with Crippen molar-refractivity contribution in [1.29, 1.82) is 0 Å². The molecule has 0 saturated heterocycles. The summed E-state index contributed by atoms with van der Waals surface area (Å²) in [6.07, 6.45) is 0. The molecule has 2 heterocycles. The summed E-state index contributed by atoms with van der Waals surface area (Å²) in [6, 6.07) is 9.47. The number of carbonyl (C=O) groups excluding carboxylic acids is 2. The molecule has 0 spiro atoms. The molecule has 0 aliphatic carbocycles. The van der Waals surface area contributed by atoms with Crippen molar-refractivity contribution in [1.82, 2.24) is 4.90 Å². The van der Waals surface area contributed by atoms with Crippen molar-refractivity contribution < 1.29 is 9.59 Å². The predicted molar refractivity (Wildman–Crippen MR) is 97.3 cm³/mol. The molecule has 126 valence electrons. The number of likely N-dealkylation sites (N-methyl/N-ethyl adjacent to an activating group) is 1. The molecule has 2 amide bonds. The predicted octanol–water partition coefficient (Wildman–Crippen LogP) is 2.94. The van der Waals surface area contributed by atoms with Gasteiger partial charge in [-0.1, -0.05) is 12.1 Å². The van der Waals surface area contributed by atoms with Crippen LogP contribution in [-0.2, 0) is 16.1 Å². The molecule has 1 N–H and O–H groups in total. The first-order valence-electron chi connectivity index (χ1n) is 7.83. The van der Waals surface area contributed by atoms with Crippen molar-refractivity contribution in [2.45, 2.75) is 25.9 Å². The van der Waals surface area contributed by atoms with Crippen LogP contribution in [0.4, 0.5) is 11.4 Å². The minimum absolute atomic E-state index is 0.0833. The van der Waals surface area contributed by atoms with Crippen LogP contribution in [0.1, 0.15) is 19.4 Å². The Morgan fingerprint density at radius 1 is 1.29 bits per heavy atom. The van der Waals surface area contributed by atoms with Gasteiger partial charge in [0.2, 0.25) is 11.8 Å². The van der Waals surface area contributed by atoms with E-state index in [1.165, 1.54) is 5.56 Å². The highest BCUT2D eigenvalue weighted by Gasteiger charge is 2.43. The van der Waals surface area contributed by atoms with E-state index >= 15 is 0 Å². The molecule has 0 fully saturated rings. The number of carbonyl (C=O) groups is 2. The molecule has 1 aromatic carbocycles. The minimum Gasteiger partial charge on any atom is -0.322 e. The number of benzene rings is 1. The van der Waals surface area contributed by atoms with Gasteiger partial charge in [0, 0.05) is 6.54 Å². The zero-order valence-electron chi connectivity index (χ0n) is 14.1. The number of nitrogens with zero attached hydrogens (tertiary/aromatic N) is 2. The van der Waals surface area contributed by atoms with E-state index in [0.717, 1.165) is 5.69 Å². The van der Waals surface area contributed by atoms with Crippen molar-refractivity contribution in [3.05, 3.63) is 46.7 Å². The number of hydrogen-bond donors (Lipinski definition) is 1. The monoisotopic (exact) mass is 343 g/mol. The number of thiophene rings is 1. The van der Waals surface area contributed by atoms with E-state index in [9.17, 15) is 9.59 Å². The zero-order chi connectivity index (χ0) is 17.3. The second-order valence-corrected chi connectivity index (χ2v) is 7.34. The van der Waals surface area contributed by atoms with Gasteiger partial charge < -0.3 is 5.32 Å². The van der Waals surface area contributed by atoms with Crippen LogP contribution in [0.2, 0.25) is 0 Å². The van der Waals surface area contributed by atoms with Crippen molar-refractivity contribution in [3.8, 4) is 0 Å². The third-order valence-corrected chi connectivity index (χ3v) is 4.93. The Morgan fingerprint density at radius 2 is 2.04 bits per heavy atom. The smallest absolute Gasteiger partial charge is 0.250 e. The number of hydrogen-bond acceptors (Lipinski definition) is 4. The summed E-state index contributed by atoms with van der Waals surface area (Å²) in [5.74, 6) is -0.255. The van der Waals surface area contributed by atoms with Gasteiger partial charge in [0.15, 0.2) is 0 Å². The van der Waals surface area contributed by atoms with Crippen LogP contribution in [0.15, 0.2) is 41.1 Å². The summed E-state index contributed by atoms with van der Waals surface area (Å²) in [7, 11) is 1.92. The fourth-order valence-electron chi connectivity index (χ4n) is 2.95. The average molecular weight is 343 g/mol. The van der Waals surface area contributed by atoms with E-state index in [1.807, 2.05) is 41.6 Å². The Balaban J connectivity index is 1.83. The number of nitrogens with one attached hydrogen (secondary N) is 1. The van der Waals surface area contributed by atoms with Gasteiger partial charge in [-0.25, -0.2) is 0 Å². The summed E-state index contributed by atoms with van der Waals surface area (Å²) in [5.41, 5.74) is 1.69. The fraction of sp³-hybridized carbons (Fsp3) is 0.333. The largest absolute Gasteiger partial charge is 0.322 e. The summed E-state index contributed by atoms with van der Waals surface area (Å²) < 4.78 is 0. The lowest BCUT2D eigenvalue weighted by molar-refractivity contribution is -0.127. The number of amides is 2. The topological polar surface area (TPSA) is 52.7 Å². The highest BCUT2D eigenvalue weighted by Crippen LogP contribution is 2.36. The van der Waals surface area contributed by atoms with Crippen LogP contribution >= 0.6 is 11.3 Å². The Kier molecular flexibility index (Phi) is 4.43. The van der Waals surface area contributed by atoms with Crippen LogP contribution in [0.25, 0.3) is 0 Å². The third-order valence-electron chi connectivity index (χ3n) is 4.20.